The van der Waals surface area contributed by atoms with E-state index in [1.807, 2.05) is 24.3 Å². The third kappa shape index (κ3) is 4.54. The summed E-state index contributed by atoms with van der Waals surface area (Å²) in [6.45, 7) is 3.31. The first-order valence-corrected chi connectivity index (χ1v) is 7.87. The maximum atomic E-state index is 12.2. The first-order valence-electron chi connectivity index (χ1n) is 7.07. The predicted octanol–water partition coefficient (Wildman–Crippen LogP) is 1.23. The zero-order valence-electron chi connectivity index (χ0n) is 12.1. The molecule has 1 aromatic carbocycles. The van der Waals surface area contributed by atoms with Crippen LogP contribution in [-0.4, -0.2) is 54.8 Å². The van der Waals surface area contributed by atoms with Gasteiger partial charge in [-0.3, -0.25) is 9.59 Å². The van der Waals surface area contributed by atoms with Crippen molar-refractivity contribution >= 4 is 27.7 Å². The van der Waals surface area contributed by atoms with Gasteiger partial charge >= 0.3 is 11.8 Å². The topological polar surface area (TPSA) is 52.7 Å². The van der Waals surface area contributed by atoms with E-state index in [1.165, 1.54) is 4.90 Å². The van der Waals surface area contributed by atoms with Crippen molar-refractivity contribution < 1.29 is 9.59 Å². The summed E-state index contributed by atoms with van der Waals surface area (Å²) < 4.78 is 0.994. The lowest BCUT2D eigenvalue weighted by molar-refractivity contribution is -0.151. The summed E-state index contributed by atoms with van der Waals surface area (Å²) in [6.07, 6.45) is 0.884. The van der Waals surface area contributed by atoms with Crippen LogP contribution in [0, 0.1) is 0 Å². The van der Waals surface area contributed by atoms with Crippen LogP contribution in [0.5, 0.6) is 0 Å². The van der Waals surface area contributed by atoms with Gasteiger partial charge in [-0.15, -0.1) is 0 Å². The molecule has 1 aliphatic heterocycles. The van der Waals surface area contributed by atoms with Gasteiger partial charge in [0.2, 0.25) is 0 Å². The molecule has 0 atom stereocenters. The molecular formula is C15H20BrN3O2. The van der Waals surface area contributed by atoms with Crippen molar-refractivity contribution in [3.05, 3.63) is 34.3 Å². The Balaban J connectivity index is 1.94. The molecule has 1 heterocycles. The van der Waals surface area contributed by atoms with Gasteiger partial charge in [0.25, 0.3) is 0 Å². The monoisotopic (exact) mass is 353 g/mol. The lowest BCUT2D eigenvalue weighted by atomic mass is 10.2. The van der Waals surface area contributed by atoms with Crippen LogP contribution in [0.15, 0.2) is 28.7 Å². The van der Waals surface area contributed by atoms with Gasteiger partial charge in [0.05, 0.1) is 0 Å². The third-order valence-electron chi connectivity index (χ3n) is 3.49. The molecule has 5 nitrogen and oxygen atoms in total. The molecule has 0 bridgehead atoms. The quantitative estimate of drug-likeness (QED) is 0.813. The fraction of sp³-hybridized carbons (Fsp3) is 0.467. The van der Waals surface area contributed by atoms with E-state index in [-0.39, 0.29) is 0 Å². The first kappa shape index (κ1) is 16.0. The van der Waals surface area contributed by atoms with Crippen molar-refractivity contribution in [3.63, 3.8) is 0 Å². The van der Waals surface area contributed by atoms with Crippen LogP contribution in [0.2, 0.25) is 0 Å². The fourth-order valence-electron chi connectivity index (χ4n) is 2.28. The molecule has 1 aliphatic rings. The van der Waals surface area contributed by atoms with Crippen LogP contribution < -0.4 is 5.32 Å². The van der Waals surface area contributed by atoms with Crippen molar-refractivity contribution in [2.45, 2.75) is 13.0 Å². The van der Waals surface area contributed by atoms with Crippen molar-refractivity contribution in [3.8, 4) is 0 Å². The Hall–Kier alpha value is -1.40. The Labute approximate surface area is 133 Å². The maximum absolute atomic E-state index is 12.2. The van der Waals surface area contributed by atoms with Crippen LogP contribution in [0.1, 0.15) is 12.0 Å². The van der Waals surface area contributed by atoms with Gasteiger partial charge in [-0.25, -0.2) is 0 Å². The average Bonchev–Trinajstić information content (AvgIpc) is 2.77. The summed E-state index contributed by atoms with van der Waals surface area (Å²) in [5, 5.41) is 3.22. The van der Waals surface area contributed by atoms with Gasteiger partial charge < -0.3 is 15.1 Å². The number of nitrogens with zero attached hydrogens (tertiary/aromatic N) is 2. The van der Waals surface area contributed by atoms with Crippen molar-refractivity contribution in [1.82, 2.24) is 15.1 Å². The molecule has 1 saturated heterocycles. The molecule has 1 aromatic rings. The highest BCUT2D eigenvalue weighted by atomic mass is 79.9. The van der Waals surface area contributed by atoms with Gasteiger partial charge in [-0.2, -0.15) is 0 Å². The maximum Gasteiger partial charge on any atom is 0.312 e. The minimum Gasteiger partial charge on any atom is -0.333 e. The summed E-state index contributed by atoms with van der Waals surface area (Å²) in [5.41, 5.74) is 0.999. The molecule has 0 unspecified atom stereocenters. The molecule has 0 radical (unpaired) electrons. The molecule has 0 aromatic heterocycles. The molecule has 2 rings (SSSR count). The Kier molecular flexibility index (Phi) is 5.76. The number of rotatable bonds is 2. The van der Waals surface area contributed by atoms with E-state index in [9.17, 15) is 9.59 Å². The molecular weight excluding hydrogens is 334 g/mol. The van der Waals surface area contributed by atoms with Crippen LogP contribution >= 0.6 is 15.9 Å². The summed E-state index contributed by atoms with van der Waals surface area (Å²) >= 11 is 3.38. The molecule has 1 N–H and O–H groups in total. The number of benzene rings is 1. The normalized spacial score (nSPS) is 15.4. The summed E-state index contributed by atoms with van der Waals surface area (Å²) in [6, 6.07) is 7.73. The Morgan fingerprint density at radius 2 is 1.95 bits per heavy atom. The minimum atomic E-state index is -0.445. The van der Waals surface area contributed by atoms with E-state index in [0.717, 1.165) is 29.5 Å². The van der Waals surface area contributed by atoms with Gasteiger partial charge in [0, 0.05) is 37.7 Å². The minimum absolute atomic E-state index is 0.404. The zero-order valence-corrected chi connectivity index (χ0v) is 13.7. The fourth-order valence-corrected chi connectivity index (χ4v) is 2.55. The lowest BCUT2D eigenvalue weighted by Crippen LogP contribution is -2.44. The highest BCUT2D eigenvalue weighted by Crippen LogP contribution is 2.12. The standard InChI is InChI=1S/C15H20BrN3O2/c1-18(11-12-3-5-13(16)6-4-12)14(20)15(21)19-9-2-7-17-8-10-19/h3-6,17H,2,7-11H2,1H3. The van der Waals surface area contributed by atoms with Crippen LogP contribution in [0.3, 0.4) is 0 Å². The third-order valence-corrected chi connectivity index (χ3v) is 4.02. The predicted molar refractivity (Wildman–Crippen MR) is 84.7 cm³/mol. The zero-order chi connectivity index (χ0) is 15.2. The smallest absolute Gasteiger partial charge is 0.312 e. The number of hydrogen-bond donors (Lipinski definition) is 1. The van der Waals surface area contributed by atoms with E-state index in [1.54, 1.807) is 11.9 Å². The second-order valence-electron chi connectivity index (χ2n) is 5.18. The number of halogens is 1. The van der Waals surface area contributed by atoms with Crippen LogP contribution in [0.25, 0.3) is 0 Å². The Bertz CT molecular complexity index is 496. The second-order valence-corrected chi connectivity index (χ2v) is 6.10. The highest BCUT2D eigenvalue weighted by Gasteiger charge is 2.25. The summed E-state index contributed by atoms with van der Waals surface area (Å²) in [4.78, 5) is 27.6. The second kappa shape index (κ2) is 7.56. The molecule has 6 heteroatoms. The van der Waals surface area contributed by atoms with Crippen molar-refractivity contribution in [2.75, 3.05) is 33.2 Å². The number of likely N-dealkylation sites (N-methyl/N-ethyl adjacent to an activating group) is 1. The number of nitrogens with one attached hydrogen (secondary N) is 1. The Morgan fingerprint density at radius 1 is 1.24 bits per heavy atom. The molecule has 0 spiro atoms. The van der Waals surface area contributed by atoms with E-state index in [4.69, 9.17) is 0 Å². The SMILES string of the molecule is CN(Cc1ccc(Br)cc1)C(=O)C(=O)N1CCCNCC1. The molecule has 0 aliphatic carbocycles. The summed E-state index contributed by atoms with van der Waals surface area (Å²) in [5.74, 6) is -0.849. The number of carbonyl (C=O) groups is 2. The molecule has 114 valence electrons. The van der Waals surface area contributed by atoms with Crippen molar-refractivity contribution in [1.29, 1.82) is 0 Å². The van der Waals surface area contributed by atoms with E-state index >= 15 is 0 Å². The molecule has 2 amide bonds. The van der Waals surface area contributed by atoms with E-state index in [0.29, 0.717) is 19.6 Å². The van der Waals surface area contributed by atoms with Gasteiger partial charge in [0.1, 0.15) is 0 Å². The van der Waals surface area contributed by atoms with Gasteiger partial charge in [-0.1, -0.05) is 28.1 Å². The largest absolute Gasteiger partial charge is 0.333 e. The van der Waals surface area contributed by atoms with E-state index in [2.05, 4.69) is 21.2 Å². The van der Waals surface area contributed by atoms with Crippen molar-refractivity contribution in [2.24, 2.45) is 0 Å². The van der Waals surface area contributed by atoms with Crippen LogP contribution in [-0.2, 0) is 16.1 Å². The number of amides is 2. The average molecular weight is 354 g/mol. The highest BCUT2D eigenvalue weighted by molar-refractivity contribution is 9.10. The lowest BCUT2D eigenvalue weighted by Gasteiger charge is -2.23. The first-order chi connectivity index (χ1) is 10.1. The van der Waals surface area contributed by atoms with Crippen LogP contribution in [0.4, 0.5) is 0 Å². The van der Waals surface area contributed by atoms with Gasteiger partial charge in [0.15, 0.2) is 0 Å². The molecule has 21 heavy (non-hydrogen) atoms. The number of hydrogen-bond acceptors (Lipinski definition) is 3. The summed E-state index contributed by atoms with van der Waals surface area (Å²) in [7, 11) is 1.67. The number of carbonyl (C=O) groups excluding carboxylic acids is 2. The molecule has 1 fully saturated rings. The van der Waals surface area contributed by atoms with E-state index < -0.39 is 11.8 Å². The van der Waals surface area contributed by atoms with Gasteiger partial charge in [-0.05, 0) is 30.7 Å². The Morgan fingerprint density at radius 3 is 2.67 bits per heavy atom. The molecule has 0 saturated carbocycles.